The second-order valence-corrected chi connectivity index (χ2v) is 12.0. The summed E-state index contributed by atoms with van der Waals surface area (Å²) in [7, 11) is 0. The molecule has 2 aliphatic rings. The highest BCUT2D eigenvalue weighted by atomic mass is 16.7. The summed E-state index contributed by atoms with van der Waals surface area (Å²) in [5.41, 5.74) is 4.64. The van der Waals surface area contributed by atoms with Gasteiger partial charge in [0.25, 0.3) is 0 Å². The molecule has 3 amide bonds. The van der Waals surface area contributed by atoms with Crippen LogP contribution in [-0.4, -0.2) is 63.4 Å². The minimum Gasteiger partial charge on any atom is -0.345 e. The first kappa shape index (κ1) is 29.6. The van der Waals surface area contributed by atoms with E-state index in [4.69, 9.17) is 4.84 Å². The predicted octanol–water partition coefficient (Wildman–Crippen LogP) is 4.32. The van der Waals surface area contributed by atoms with Crippen molar-refractivity contribution in [3.63, 3.8) is 0 Å². The molecule has 2 saturated heterocycles. The Labute approximate surface area is 237 Å². The number of aryl methyl sites for hydroxylation is 2. The number of carbonyl (C=O) groups is 3. The molecule has 2 fully saturated rings. The first-order valence-electron chi connectivity index (χ1n) is 14.7. The lowest BCUT2D eigenvalue weighted by molar-refractivity contribution is -0.146. The van der Waals surface area contributed by atoms with E-state index in [-0.39, 0.29) is 29.8 Å². The molecular formula is C31H43N5O4. The van der Waals surface area contributed by atoms with Gasteiger partial charge in [-0.15, -0.1) is 0 Å². The van der Waals surface area contributed by atoms with Crippen LogP contribution in [0.15, 0.2) is 24.3 Å². The average molecular weight is 550 g/mol. The van der Waals surface area contributed by atoms with Crippen molar-refractivity contribution in [2.75, 3.05) is 13.1 Å². The zero-order valence-electron chi connectivity index (χ0n) is 24.3. The highest BCUT2D eigenvalue weighted by molar-refractivity contribution is 5.88. The van der Waals surface area contributed by atoms with E-state index in [0.717, 1.165) is 56.1 Å². The van der Waals surface area contributed by atoms with Crippen LogP contribution in [0.1, 0.15) is 83.9 Å². The van der Waals surface area contributed by atoms with Gasteiger partial charge in [0, 0.05) is 43.3 Å². The third-order valence-electron chi connectivity index (χ3n) is 8.43. The van der Waals surface area contributed by atoms with E-state index >= 15 is 0 Å². The highest BCUT2D eigenvalue weighted by Gasteiger charge is 2.40. The van der Waals surface area contributed by atoms with Gasteiger partial charge in [-0.05, 0) is 95.2 Å². The largest absolute Gasteiger partial charge is 0.345 e. The molecule has 0 radical (unpaired) electrons. The smallest absolute Gasteiger partial charge is 0.245 e. The van der Waals surface area contributed by atoms with Crippen LogP contribution in [0, 0.1) is 17.2 Å². The topological polar surface area (TPSA) is 108 Å². The normalized spacial score (nSPS) is 20.1. The van der Waals surface area contributed by atoms with Gasteiger partial charge in [0.2, 0.25) is 18.2 Å². The lowest BCUT2D eigenvalue weighted by Crippen LogP contribution is -2.49. The molecule has 0 saturated carbocycles. The van der Waals surface area contributed by atoms with Crippen LogP contribution in [0.2, 0.25) is 0 Å². The summed E-state index contributed by atoms with van der Waals surface area (Å²) in [5.74, 6) is 0.151. The fourth-order valence-electron chi connectivity index (χ4n) is 6.77. The van der Waals surface area contributed by atoms with Gasteiger partial charge >= 0.3 is 0 Å². The van der Waals surface area contributed by atoms with Gasteiger partial charge in [0.05, 0.1) is 17.2 Å². The third kappa shape index (κ3) is 6.67. The maximum Gasteiger partial charge on any atom is 0.245 e. The number of likely N-dealkylation sites (tertiary alicyclic amines) is 2. The molecule has 9 nitrogen and oxygen atoms in total. The minimum atomic E-state index is -0.592. The van der Waals surface area contributed by atoms with Crippen molar-refractivity contribution < 1.29 is 19.2 Å². The van der Waals surface area contributed by atoms with Crippen LogP contribution in [-0.2, 0) is 32.2 Å². The van der Waals surface area contributed by atoms with Gasteiger partial charge < -0.3 is 14.4 Å². The first-order valence-corrected chi connectivity index (χ1v) is 14.7. The highest BCUT2D eigenvalue weighted by Crippen LogP contribution is 2.30. The van der Waals surface area contributed by atoms with Crippen LogP contribution < -0.4 is 5.48 Å². The van der Waals surface area contributed by atoms with Crippen molar-refractivity contribution >= 4 is 29.1 Å². The molecule has 1 aromatic carbocycles. The Bertz CT molecular complexity index is 1260. The number of nitrogens with one attached hydrogen (secondary N) is 1. The molecule has 2 aliphatic heterocycles. The fraction of sp³-hybridized carbons (Fsp3) is 0.613. The van der Waals surface area contributed by atoms with Crippen molar-refractivity contribution in [2.45, 2.75) is 103 Å². The van der Waals surface area contributed by atoms with Crippen LogP contribution in [0.5, 0.6) is 0 Å². The standard InChI is InChI=1S/C31H43N5O4/c1-5-34-26(18-24-11-10-23(20-32)17-28(24)34)13-12-25-8-6-14-35(25)30(39)27-9-7-15-36(27)29(38)16-22(2)19-31(3,4)40-33-21-37/h10-11,17-18,21-22,25,27H,5-9,12-16,19H2,1-4H3,(H,33,37)/t22?,25-,27+/m0/s1. The zero-order chi connectivity index (χ0) is 28.9. The Morgan fingerprint density at radius 2 is 1.95 bits per heavy atom. The molecule has 0 aliphatic carbocycles. The molecule has 216 valence electrons. The number of nitriles is 1. The second kappa shape index (κ2) is 12.9. The molecule has 3 atom stereocenters. The minimum absolute atomic E-state index is 0.0162. The van der Waals surface area contributed by atoms with E-state index in [1.165, 1.54) is 5.69 Å². The molecule has 2 aromatic rings. The number of hydrogen-bond acceptors (Lipinski definition) is 5. The summed E-state index contributed by atoms with van der Waals surface area (Å²) >= 11 is 0. The summed E-state index contributed by atoms with van der Waals surface area (Å²) in [6, 6.07) is 10.1. The Morgan fingerprint density at radius 1 is 1.20 bits per heavy atom. The third-order valence-corrected chi connectivity index (χ3v) is 8.43. The Hall–Kier alpha value is -3.38. The molecule has 1 N–H and O–H groups in total. The molecule has 9 heteroatoms. The number of nitrogens with zero attached hydrogens (tertiary/aromatic N) is 4. The molecule has 4 rings (SSSR count). The maximum absolute atomic E-state index is 13.8. The lowest BCUT2D eigenvalue weighted by atomic mass is 9.92. The number of fused-ring (bicyclic) bond motifs is 1. The summed E-state index contributed by atoms with van der Waals surface area (Å²) < 4.78 is 2.27. The van der Waals surface area contributed by atoms with E-state index < -0.39 is 5.60 Å². The Balaban J connectivity index is 1.38. The SMILES string of the molecule is CCn1c(CC[C@@H]2CCCN2C(=O)[C@H]2CCCN2C(=O)CC(C)CC(C)(C)ONC=O)cc2ccc(C#N)cc21. The number of benzene rings is 1. The van der Waals surface area contributed by atoms with Crippen LogP contribution in [0.25, 0.3) is 10.9 Å². The molecular weight excluding hydrogens is 506 g/mol. The quantitative estimate of drug-likeness (QED) is 0.313. The van der Waals surface area contributed by atoms with Gasteiger partial charge in [-0.2, -0.15) is 5.26 Å². The van der Waals surface area contributed by atoms with Crippen LogP contribution in [0.4, 0.5) is 0 Å². The summed E-state index contributed by atoms with van der Waals surface area (Å²) in [5, 5.41) is 10.5. The van der Waals surface area contributed by atoms with Crippen molar-refractivity contribution in [1.82, 2.24) is 19.8 Å². The molecule has 0 bridgehead atoms. The fourth-order valence-corrected chi connectivity index (χ4v) is 6.77. The number of aromatic nitrogens is 1. The Morgan fingerprint density at radius 3 is 2.67 bits per heavy atom. The van der Waals surface area contributed by atoms with E-state index in [9.17, 15) is 19.6 Å². The second-order valence-electron chi connectivity index (χ2n) is 12.0. The monoisotopic (exact) mass is 549 g/mol. The summed E-state index contributed by atoms with van der Waals surface area (Å²) in [6.45, 7) is 10.1. The Kier molecular flexibility index (Phi) is 9.52. The molecule has 1 unspecified atom stereocenters. The number of hydroxylamine groups is 1. The number of amides is 3. The zero-order valence-corrected chi connectivity index (χ0v) is 24.3. The number of carbonyl (C=O) groups excluding carboxylic acids is 3. The summed E-state index contributed by atoms with van der Waals surface area (Å²) in [6.07, 6.45) is 6.72. The molecule has 40 heavy (non-hydrogen) atoms. The van der Waals surface area contributed by atoms with Crippen molar-refractivity contribution in [2.24, 2.45) is 5.92 Å². The van der Waals surface area contributed by atoms with Gasteiger partial charge in [0.15, 0.2) is 0 Å². The number of rotatable bonds is 12. The van der Waals surface area contributed by atoms with E-state index in [2.05, 4.69) is 29.1 Å². The summed E-state index contributed by atoms with van der Waals surface area (Å²) in [4.78, 5) is 46.9. The van der Waals surface area contributed by atoms with Gasteiger partial charge in [-0.25, -0.2) is 5.48 Å². The van der Waals surface area contributed by atoms with Crippen molar-refractivity contribution in [3.8, 4) is 6.07 Å². The van der Waals surface area contributed by atoms with Gasteiger partial charge in [-0.1, -0.05) is 13.0 Å². The van der Waals surface area contributed by atoms with Gasteiger partial charge in [-0.3, -0.25) is 19.2 Å². The van der Waals surface area contributed by atoms with Crippen molar-refractivity contribution in [1.29, 1.82) is 5.26 Å². The van der Waals surface area contributed by atoms with Crippen LogP contribution in [0.3, 0.4) is 0 Å². The van der Waals surface area contributed by atoms with E-state index in [1.807, 2.05) is 43.9 Å². The maximum atomic E-state index is 13.8. The molecule has 1 aromatic heterocycles. The van der Waals surface area contributed by atoms with E-state index in [0.29, 0.717) is 37.8 Å². The molecule has 0 spiro atoms. The number of hydrogen-bond donors (Lipinski definition) is 1. The van der Waals surface area contributed by atoms with Gasteiger partial charge in [0.1, 0.15) is 6.04 Å². The molecule has 3 heterocycles. The lowest BCUT2D eigenvalue weighted by Gasteiger charge is -2.33. The van der Waals surface area contributed by atoms with E-state index in [1.54, 1.807) is 4.90 Å². The predicted molar refractivity (Wildman–Crippen MR) is 153 cm³/mol. The van der Waals surface area contributed by atoms with Crippen LogP contribution >= 0.6 is 0 Å². The average Bonchev–Trinajstić information content (AvgIpc) is 3.67. The van der Waals surface area contributed by atoms with Crippen molar-refractivity contribution in [3.05, 3.63) is 35.5 Å². The first-order chi connectivity index (χ1) is 19.2.